The van der Waals surface area contributed by atoms with Crippen LogP contribution >= 0.6 is 0 Å². The highest BCUT2D eigenvalue weighted by Crippen LogP contribution is 2.28. The number of anilines is 1. The molecule has 0 bridgehead atoms. The van der Waals surface area contributed by atoms with Gasteiger partial charge in [-0.25, -0.2) is 0 Å². The number of benzene rings is 1. The van der Waals surface area contributed by atoms with Gasteiger partial charge in [0.1, 0.15) is 6.54 Å². The summed E-state index contributed by atoms with van der Waals surface area (Å²) in [5.74, 6) is -2.17. The molecule has 3 rings (SSSR count). The van der Waals surface area contributed by atoms with E-state index in [9.17, 15) is 32.3 Å². The Morgan fingerprint density at radius 2 is 1.81 bits per heavy atom. The maximum absolute atomic E-state index is 12.7. The monoisotopic (exact) mass is 437 g/mol. The number of aromatic nitrogens is 1. The standard InChI is InChI=1S/C20H18F3N3O5/c21-20(22,23)12-5-8-17(28)26(9-12)10-18(29)31-11-16(27)25-15-4-2-1-3-14(15)19(30)24-13-6-7-13/h1-5,8-9,13H,6-7,10-11H2,(H,24,30)(H,25,27). The highest BCUT2D eigenvalue weighted by atomic mass is 19.4. The van der Waals surface area contributed by atoms with Crippen LogP contribution in [0.2, 0.25) is 0 Å². The third-order valence-corrected chi connectivity index (χ3v) is 4.33. The van der Waals surface area contributed by atoms with Crippen LogP contribution in [0, 0.1) is 0 Å². The first-order chi connectivity index (χ1) is 14.6. The van der Waals surface area contributed by atoms with Gasteiger partial charge in [0.25, 0.3) is 17.4 Å². The zero-order chi connectivity index (χ0) is 22.6. The summed E-state index contributed by atoms with van der Waals surface area (Å²) in [6.45, 7) is -1.54. The Morgan fingerprint density at radius 1 is 1.10 bits per heavy atom. The molecule has 1 aliphatic rings. The van der Waals surface area contributed by atoms with Crippen LogP contribution in [0.25, 0.3) is 0 Å². The Balaban J connectivity index is 1.56. The highest BCUT2D eigenvalue weighted by molar-refractivity contribution is 6.04. The van der Waals surface area contributed by atoms with Crippen molar-refractivity contribution in [3.8, 4) is 0 Å². The zero-order valence-electron chi connectivity index (χ0n) is 16.1. The SMILES string of the molecule is O=C(COC(=O)Cn1cc(C(F)(F)F)ccc1=O)Nc1ccccc1C(=O)NC1CC1. The van der Waals surface area contributed by atoms with Crippen LogP contribution in [0.3, 0.4) is 0 Å². The lowest BCUT2D eigenvalue weighted by atomic mass is 10.1. The van der Waals surface area contributed by atoms with Gasteiger partial charge < -0.3 is 19.9 Å². The molecule has 1 fully saturated rings. The summed E-state index contributed by atoms with van der Waals surface area (Å²) in [6.07, 6.45) is -2.40. The Morgan fingerprint density at radius 3 is 2.48 bits per heavy atom. The fourth-order valence-electron chi connectivity index (χ4n) is 2.62. The Bertz CT molecular complexity index is 1060. The second-order valence-electron chi connectivity index (χ2n) is 6.88. The predicted octanol–water partition coefficient (Wildman–Crippen LogP) is 1.94. The second-order valence-corrected chi connectivity index (χ2v) is 6.88. The molecular weight excluding hydrogens is 419 g/mol. The van der Waals surface area contributed by atoms with Crippen LogP contribution in [0.4, 0.5) is 18.9 Å². The van der Waals surface area contributed by atoms with Crippen molar-refractivity contribution < 1.29 is 32.3 Å². The molecule has 11 heteroatoms. The highest BCUT2D eigenvalue weighted by Gasteiger charge is 2.31. The van der Waals surface area contributed by atoms with Crippen LogP contribution in [0.5, 0.6) is 0 Å². The fourth-order valence-corrected chi connectivity index (χ4v) is 2.62. The predicted molar refractivity (Wildman–Crippen MR) is 102 cm³/mol. The number of esters is 1. The number of carbonyl (C=O) groups excluding carboxylic acids is 3. The molecule has 0 radical (unpaired) electrons. The number of ether oxygens (including phenoxy) is 1. The van der Waals surface area contributed by atoms with E-state index in [0.717, 1.165) is 12.8 Å². The maximum Gasteiger partial charge on any atom is 0.417 e. The molecule has 164 valence electrons. The van der Waals surface area contributed by atoms with Gasteiger partial charge in [0.2, 0.25) is 0 Å². The van der Waals surface area contributed by atoms with Gasteiger partial charge >= 0.3 is 12.1 Å². The van der Waals surface area contributed by atoms with Crippen molar-refractivity contribution in [2.24, 2.45) is 0 Å². The van der Waals surface area contributed by atoms with Crippen LogP contribution in [0.1, 0.15) is 28.8 Å². The number of rotatable bonds is 7. The van der Waals surface area contributed by atoms with Gasteiger partial charge in [-0.2, -0.15) is 13.2 Å². The Kier molecular flexibility index (Phi) is 6.42. The number of nitrogens with zero attached hydrogens (tertiary/aromatic N) is 1. The van der Waals surface area contributed by atoms with Crippen molar-refractivity contribution in [3.05, 3.63) is 64.1 Å². The summed E-state index contributed by atoms with van der Waals surface area (Å²) in [6, 6.07) is 7.68. The average molecular weight is 437 g/mol. The van der Waals surface area contributed by atoms with Gasteiger partial charge in [-0.05, 0) is 31.0 Å². The third kappa shape index (κ3) is 6.17. The maximum atomic E-state index is 12.7. The molecule has 1 aromatic heterocycles. The lowest BCUT2D eigenvalue weighted by Gasteiger charge is -2.12. The fraction of sp³-hybridized carbons (Fsp3) is 0.300. The van der Waals surface area contributed by atoms with Crippen LogP contribution in [-0.4, -0.2) is 35.0 Å². The van der Waals surface area contributed by atoms with E-state index in [0.29, 0.717) is 22.9 Å². The number of hydrogen-bond acceptors (Lipinski definition) is 5. The summed E-state index contributed by atoms with van der Waals surface area (Å²) in [4.78, 5) is 47.9. The number of nitrogens with one attached hydrogen (secondary N) is 2. The molecule has 1 aliphatic carbocycles. The molecule has 2 amide bonds. The molecule has 31 heavy (non-hydrogen) atoms. The topological polar surface area (TPSA) is 106 Å². The van der Waals surface area contributed by atoms with Gasteiger partial charge in [0.05, 0.1) is 16.8 Å². The summed E-state index contributed by atoms with van der Waals surface area (Å²) in [5.41, 5.74) is -1.47. The molecule has 0 spiro atoms. The van der Waals surface area contributed by atoms with Gasteiger partial charge in [-0.3, -0.25) is 19.2 Å². The molecule has 2 N–H and O–H groups in total. The van der Waals surface area contributed by atoms with E-state index in [1.165, 1.54) is 12.1 Å². The Hall–Kier alpha value is -3.63. The van der Waals surface area contributed by atoms with Gasteiger partial charge in [-0.15, -0.1) is 0 Å². The van der Waals surface area contributed by atoms with Gasteiger partial charge in [-0.1, -0.05) is 12.1 Å². The van der Waals surface area contributed by atoms with E-state index in [1.807, 2.05) is 0 Å². The minimum absolute atomic E-state index is 0.122. The molecule has 8 nitrogen and oxygen atoms in total. The van der Waals surface area contributed by atoms with Crippen LogP contribution < -0.4 is 16.2 Å². The molecule has 1 saturated carbocycles. The average Bonchev–Trinajstić information content (AvgIpc) is 3.51. The first-order valence-corrected chi connectivity index (χ1v) is 9.26. The van der Waals surface area contributed by atoms with E-state index in [1.54, 1.807) is 12.1 Å². The van der Waals surface area contributed by atoms with Gasteiger partial charge in [0.15, 0.2) is 6.61 Å². The van der Waals surface area contributed by atoms with E-state index >= 15 is 0 Å². The lowest BCUT2D eigenvalue weighted by Crippen LogP contribution is -2.29. The molecule has 1 heterocycles. The van der Waals surface area contributed by atoms with Crippen molar-refractivity contribution in [2.75, 3.05) is 11.9 Å². The number of carbonyl (C=O) groups is 3. The zero-order valence-corrected chi connectivity index (χ0v) is 16.1. The molecule has 0 atom stereocenters. The molecule has 0 saturated heterocycles. The number of para-hydroxylation sites is 1. The van der Waals surface area contributed by atoms with Crippen molar-refractivity contribution in [1.82, 2.24) is 9.88 Å². The molecule has 0 unspecified atom stereocenters. The number of alkyl halides is 3. The van der Waals surface area contributed by atoms with Crippen molar-refractivity contribution >= 4 is 23.5 Å². The number of amides is 2. The lowest BCUT2D eigenvalue weighted by molar-refractivity contribution is -0.148. The van der Waals surface area contributed by atoms with Crippen molar-refractivity contribution in [1.29, 1.82) is 0 Å². The van der Waals surface area contributed by atoms with Crippen LogP contribution in [0.15, 0.2) is 47.4 Å². The Labute approximate surface area is 174 Å². The summed E-state index contributed by atoms with van der Waals surface area (Å²) in [7, 11) is 0. The molecule has 2 aromatic rings. The first kappa shape index (κ1) is 22.1. The summed E-state index contributed by atoms with van der Waals surface area (Å²) >= 11 is 0. The number of halogens is 3. The molecule has 0 aliphatic heterocycles. The first-order valence-electron chi connectivity index (χ1n) is 9.26. The van der Waals surface area contributed by atoms with Gasteiger partial charge in [0, 0.05) is 18.3 Å². The van der Waals surface area contributed by atoms with Crippen molar-refractivity contribution in [2.45, 2.75) is 31.6 Å². The van der Waals surface area contributed by atoms with E-state index in [2.05, 4.69) is 10.6 Å². The third-order valence-electron chi connectivity index (χ3n) is 4.33. The summed E-state index contributed by atoms with van der Waals surface area (Å²) < 4.78 is 43.5. The van der Waals surface area contributed by atoms with Crippen LogP contribution in [-0.2, 0) is 27.0 Å². The summed E-state index contributed by atoms with van der Waals surface area (Å²) in [5, 5.41) is 5.24. The van der Waals surface area contributed by atoms with E-state index < -0.39 is 42.3 Å². The number of pyridine rings is 1. The quantitative estimate of drug-likeness (QED) is 0.644. The normalized spacial score (nSPS) is 13.4. The van der Waals surface area contributed by atoms with E-state index in [4.69, 9.17) is 4.74 Å². The minimum Gasteiger partial charge on any atom is -0.454 e. The van der Waals surface area contributed by atoms with Crippen molar-refractivity contribution in [3.63, 3.8) is 0 Å². The molecule has 1 aromatic carbocycles. The largest absolute Gasteiger partial charge is 0.454 e. The minimum atomic E-state index is -4.68. The number of hydrogen-bond donors (Lipinski definition) is 2. The van der Waals surface area contributed by atoms with E-state index in [-0.39, 0.29) is 23.2 Å². The molecular formula is C20H18F3N3O5. The smallest absolute Gasteiger partial charge is 0.417 e. The second kappa shape index (κ2) is 9.02.